The molecule has 0 N–H and O–H groups in total. The minimum atomic E-state index is -0.229. The van der Waals surface area contributed by atoms with Crippen LogP contribution in [0.2, 0.25) is 0 Å². The van der Waals surface area contributed by atoms with Crippen LogP contribution in [0.1, 0.15) is 66.4 Å². The smallest absolute Gasteiger partial charge is 0.339 e. The molecule has 0 saturated heterocycles. The zero-order chi connectivity index (χ0) is 20.0. The number of aryl methyl sites for hydroxylation is 1. The fourth-order valence-electron chi connectivity index (χ4n) is 6.51. The number of carbonyl (C=O) groups is 1. The van der Waals surface area contributed by atoms with Crippen molar-refractivity contribution in [2.24, 2.45) is 17.3 Å². The number of nitrogens with zero attached hydrogens (tertiary/aromatic N) is 1. The van der Waals surface area contributed by atoms with Crippen molar-refractivity contribution in [3.05, 3.63) is 59.4 Å². The molecule has 2 aromatic rings. The molecule has 4 heteroatoms. The molecule has 1 heterocycles. The van der Waals surface area contributed by atoms with Gasteiger partial charge in [-0.15, -0.1) is 0 Å². The summed E-state index contributed by atoms with van der Waals surface area (Å²) in [5.74, 6) is 2.69. The molecule has 4 nitrogen and oxygen atoms in total. The maximum absolute atomic E-state index is 12.7. The summed E-state index contributed by atoms with van der Waals surface area (Å²) in [5, 5.41) is 0. The van der Waals surface area contributed by atoms with Crippen LogP contribution in [0.15, 0.2) is 42.7 Å². The van der Waals surface area contributed by atoms with E-state index in [2.05, 4.69) is 30.1 Å². The van der Waals surface area contributed by atoms with Crippen molar-refractivity contribution in [2.75, 3.05) is 7.11 Å². The first-order chi connectivity index (χ1) is 14.1. The highest BCUT2D eigenvalue weighted by Crippen LogP contribution is 2.61. The van der Waals surface area contributed by atoms with Crippen LogP contribution in [0.3, 0.4) is 0 Å². The highest BCUT2D eigenvalue weighted by molar-refractivity contribution is 5.89. The molecule has 5 atom stereocenters. The van der Waals surface area contributed by atoms with Crippen LogP contribution in [0.4, 0.5) is 0 Å². The van der Waals surface area contributed by atoms with Crippen LogP contribution >= 0.6 is 0 Å². The molecule has 0 spiro atoms. The lowest BCUT2D eigenvalue weighted by Gasteiger charge is -2.50. The molecule has 1 aromatic heterocycles. The predicted octanol–water partition coefficient (Wildman–Crippen LogP) is 5.17. The van der Waals surface area contributed by atoms with Gasteiger partial charge in [-0.05, 0) is 91.7 Å². The molecule has 29 heavy (non-hydrogen) atoms. The van der Waals surface area contributed by atoms with E-state index in [1.54, 1.807) is 31.6 Å². The van der Waals surface area contributed by atoms with Crippen LogP contribution in [0, 0.1) is 17.3 Å². The number of pyridine rings is 1. The van der Waals surface area contributed by atoms with E-state index in [1.165, 1.54) is 24.0 Å². The van der Waals surface area contributed by atoms with E-state index >= 15 is 0 Å². The lowest BCUT2D eigenvalue weighted by molar-refractivity contribution is -0.0428. The summed E-state index contributed by atoms with van der Waals surface area (Å²) in [7, 11) is 1.74. The van der Waals surface area contributed by atoms with Gasteiger partial charge in [-0.3, -0.25) is 4.98 Å². The molecule has 2 fully saturated rings. The van der Waals surface area contributed by atoms with E-state index in [1.807, 2.05) is 0 Å². The minimum absolute atomic E-state index is 0.0124. The highest BCUT2D eigenvalue weighted by Gasteiger charge is 2.56. The van der Waals surface area contributed by atoms with Gasteiger partial charge in [-0.2, -0.15) is 0 Å². The average molecular weight is 392 g/mol. The number of fused-ring (bicyclic) bond motifs is 5. The molecular weight excluding hydrogens is 362 g/mol. The van der Waals surface area contributed by atoms with Gasteiger partial charge in [0.2, 0.25) is 0 Å². The molecule has 0 unspecified atom stereocenters. The van der Waals surface area contributed by atoms with Gasteiger partial charge in [-0.1, -0.05) is 13.0 Å². The summed E-state index contributed by atoms with van der Waals surface area (Å²) < 4.78 is 11.5. The van der Waals surface area contributed by atoms with Gasteiger partial charge >= 0.3 is 5.97 Å². The average Bonchev–Trinajstić information content (AvgIpc) is 3.09. The Bertz CT molecular complexity index is 912. The summed E-state index contributed by atoms with van der Waals surface area (Å²) in [4.78, 5) is 16.7. The number of benzene rings is 1. The van der Waals surface area contributed by atoms with Gasteiger partial charge in [0, 0.05) is 17.8 Å². The third kappa shape index (κ3) is 3.04. The molecule has 2 saturated carbocycles. The van der Waals surface area contributed by atoms with Gasteiger partial charge in [0.1, 0.15) is 11.9 Å². The number of hydrogen-bond donors (Lipinski definition) is 0. The van der Waals surface area contributed by atoms with Crippen LogP contribution in [0.25, 0.3) is 0 Å². The molecule has 3 aliphatic carbocycles. The lowest BCUT2D eigenvalue weighted by Crippen LogP contribution is -2.45. The number of aromatic nitrogens is 1. The first-order valence-corrected chi connectivity index (χ1v) is 10.9. The number of rotatable bonds is 3. The predicted molar refractivity (Wildman–Crippen MR) is 111 cm³/mol. The molecular formula is C25H29NO3. The van der Waals surface area contributed by atoms with Crippen LogP contribution in [0.5, 0.6) is 5.75 Å². The SMILES string of the molecule is COc1ccc2c(c1)CC[C@@H]1[C@@H]2CC[C@]2(C)[C@@H](OC(=O)c3cccnc3)CC[C@@H]12. The number of ether oxygens (including phenoxy) is 2. The Kier molecular flexibility index (Phi) is 4.60. The Morgan fingerprint density at radius 3 is 2.86 bits per heavy atom. The van der Waals surface area contributed by atoms with Gasteiger partial charge in [-0.25, -0.2) is 4.79 Å². The van der Waals surface area contributed by atoms with Crippen molar-refractivity contribution >= 4 is 5.97 Å². The van der Waals surface area contributed by atoms with E-state index in [-0.39, 0.29) is 17.5 Å². The lowest BCUT2D eigenvalue weighted by atomic mass is 9.55. The van der Waals surface area contributed by atoms with Gasteiger partial charge in [0.05, 0.1) is 12.7 Å². The van der Waals surface area contributed by atoms with Crippen molar-refractivity contribution in [2.45, 2.75) is 57.5 Å². The van der Waals surface area contributed by atoms with E-state index < -0.39 is 0 Å². The molecule has 0 aliphatic heterocycles. The topological polar surface area (TPSA) is 48.4 Å². The normalized spacial score (nSPS) is 32.6. The van der Waals surface area contributed by atoms with E-state index in [0.29, 0.717) is 23.3 Å². The van der Waals surface area contributed by atoms with Gasteiger partial charge < -0.3 is 9.47 Å². The third-order valence-electron chi connectivity index (χ3n) is 7.99. The van der Waals surface area contributed by atoms with Crippen molar-refractivity contribution in [1.29, 1.82) is 0 Å². The summed E-state index contributed by atoms with van der Waals surface area (Å²) in [6, 6.07) is 10.2. The zero-order valence-electron chi connectivity index (χ0n) is 17.3. The van der Waals surface area contributed by atoms with Crippen molar-refractivity contribution in [1.82, 2.24) is 4.98 Å². The maximum Gasteiger partial charge on any atom is 0.339 e. The van der Waals surface area contributed by atoms with E-state index in [0.717, 1.165) is 31.4 Å². The van der Waals surface area contributed by atoms with Crippen molar-refractivity contribution < 1.29 is 14.3 Å². The standard InChI is InChI=1S/C25H29NO3/c1-25-12-11-20-19-8-6-18(28-2)14-16(19)5-7-21(20)22(25)9-10-23(25)29-24(27)17-4-3-13-26-15-17/h3-4,6,8,13-15,20-23H,5,7,9-12H2,1-2H3/t20-,21-,22+,23+,25+/m1/s1. The number of carbonyl (C=O) groups excluding carboxylic acids is 1. The van der Waals surface area contributed by atoms with Gasteiger partial charge in [0.25, 0.3) is 0 Å². The molecule has 3 aliphatic rings. The molecule has 0 bridgehead atoms. The number of esters is 1. The Morgan fingerprint density at radius 2 is 2.07 bits per heavy atom. The van der Waals surface area contributed by atoms with E-state index in [4.69, 9.17) is 9.47 Å². The van der Waals surface area contributed by atoms with Crippen LogP contribution in [-0.2, 0) is 11.2 Å². The second-order valence-corrected chi connectivity index (χ2v) is 9.24. The number of methoxy groups -OCH3 is 1. The zero-order valence-corrected chi connectivity index (χ0v) is 17.3. The monoisotopic (exact) mass is 391 g/mol. The molecule has 1 aromatic carbocycles. The number of hydrogen-bond acceptors (Lipinski definition) is 4. The molecule has 0 amide bonds. The first kappa shape index (κ1) is 18.7. The van der Waals surface area contributed by atoms with Crippen LogP contribution < -0.4 is 4.74 Å². The highest BCUT2D eigenvalue weighted by atomic mass is 16.5. The van der Waals surface area contributed by atoms with E-state index in [9.17, 15) is 4.79 Å². The first-order valence-electron chi connectivity index (χ1n) is 10.9. The second-order valence-electron chi connectivity index (χ2n) is 9.24. The Labute approximate surface area is 172 Å². The summed E-state index contributed by atoms with van der Waals surface area (Å²) >= 11 is 0. The second kappa shape index (κ2) is 7.16. The largest absolute Gasteiger partial charge is 0.497 e. The fraction of sp³-hybridized carbons (Fsp3) is 0.520. The Balaban J connectivity index is 1.36. The van der Waals surface area contributed by atoms with Gasteiger partial charge in [0.15, 0.2) is 0 Å². The molecule has 0 radical (unpaired) electrons. The quantitative estimate of drug-likeness (QED) is 0.677. The molecule has 5 rings (SSSR count). The Morgan fingerprint density at radius 1 is 1.17 bits per heavy atom. The van der Waals surface area contributed by atoms with Crippen molar-refractivity contribution in [3.63, 3.8) is 0 Å². The third-order valence-corrected chi connectivity index (χ3v) is 7.99. The molecule has 152 valence electrons. The van der Waals surface area contributed by atoms with Crippen molar-refractivity contribution in [3.8, 4) is 5.75 Å². The summed E-state index contributed by atoms with van der Waals surface area (Å²) in [5.41, 5.74) is 3.63. The summed E-state index contributed by atoms with van der Waals surface area (Å²) in [6.45, 7) is 2.37. The fourth-order valence-corrected chi connectivity index (χ4v) is 6.51. The van der Waals surface area contributed by atoms with Crippen LogP contribution in [-0.4, -0.2) is 24.2 Å². The Hall–Kier alpha value is -2.36. The maximum atomic E-state index is 12.7. The minimum Gasteiger partial charge on any atom is -0.497 e. The summed E-state index contributed by atoms with van der Waals surface area (Å²) in [6.07, 6.45) is 10.1.